The van der Waals surface area contributed by atoms with Crippen molar-refractivity contribution in [1.29, 1.82) is 0 Å². The third-order valence-electron chi connectivity index (χ3n) is 7.99. The summed E-state index contributed by atoms with van der Waals surface area (Å²) in [6.45, 7) is 11.5. The first kappa shape index (κ1) is 36.1. The van der Waals surface area contributed by atoms with Crippen LogP contribution in [0.25, 0.3) is 21.8 Å². The number of ether oxygens (including phenoxy) is 4. The van der Waals surface area contributed by atoms with Gasteiger partial charge < -0.3 is 62.7 Å². The van der Waals surface area contributed by atoms with Gasteiger partial charge in [0, 0.05) is 47.0 Å². The molecule has 42 heavy (non-hydrogen) atoms. The Kier molecular flexibility index (Phi) is 17.7. The molecule has 0 unspecified atom stereocenters. The third kappa shape index (κ3) is 11.5. The molecule has 2 aromatic carbocycles. The van der Waals surface area contributed by atoms with Crippen LogP contribution in [0.5, 0.6) is 0 Å². The predicted molar refractivity (Wildman–Crippen MR) is 158 cm³/mol. The predicted octanol–water partition coefficient (Wildman–Crippen LogP) is -4.71. The quantitative estimate of drug-likeness (QED) is 0.120. The molecular formula is C32H46IKN4O4+2. The smallest absolute Gasteiger partial charge is 1.00 e. The van der Waals surface area contributed by atoms with Gasteiger partial charge >= 0.3 is 51.4 Å². The maximum absolute atomic E-state index is 5.96. The first-order valence-electron chi connectivity index (χ1n) is 14.9. The largest absolute Gasteiger partial charge is 1.00 e. The number of fused-ring (bicyclic) bond motifs is 2. The minimum Gasteiger partial charge on any atom is -1.00 e. The molecule has 8 nitrogen and oxygen atoms in total. The van der Waals surface area contributed by atoms with Crippen LogP contribution in [-0.4, -0.2) is 102 Å². The Labute approximate surface area is 309 Å². The molecule has 0 radical (unpaired) electrons. The molecule has 0 spiro atoms. The maximum Gasteiger partial charge on any atom is 1.00 e. The maximum atomic E-state index is 5.96. The fraction of sp³-hybridized carbons (Fsp3) is 0.500. The summed E-state index contributed by atoms with van der Waals surface area (Å²) in [5.74, 6) is 0. The minimum absolute atomic E-state index is 0. The molecule has 3 heterocycles. The number of H-pyrrole nitrogens is 2. The van der Waals surface area contributed by atoms with Gasteiger partial charge in [-0.2, -0.15) is 0 Å². The van der Waals surface area contributed by atoms with Crippen LogP contribution in [0.2, 0.25) is 0 Å². The monoisotopic (exact) mass is 716 g/mol. The summed E-state index contributed by atoms with van der Waals surface area (Å²) in [6.07, 6.45) is 6.37. The summed E-state index contributed by atoms with van der Waals surface area (Å²) in [5.41, 5.74) is 5.17. The second-order valence-corrected chi connectivity index (χ2v) is 10.7. The van der Waals surface area contributed by atoms with Gasteiger partial charge in [0.1, 0.15) is 26.2 Å². The van der Waals surface area contributed by atoms with Crippen LogP contribution in [0.15, 0.2) is 60.9 Å². The van der Waals surface area contributed by atoms with E-state index in [1.165, 1.54) is 42.7 Å². The molecule has 4 N–H and O–H groups in total. The van der Waals surface area contributed by atoms with Crippen molar-refractivity contribution in [3.05, 3.63) is 72.1 Å². The van der Waals surface area contributed by atoms with Crippen molar-refractivity contribution < 1.29 is 104 Å². The Balaban J connectivity index is 0.00000242. The Hall–Kier alpha value is -0.354. The fourth-order valence-electron chi connectivity index (χ4n) is 5.56. The zero-order chi connectivity index (χ0) is 27.2. The summed E-state index contributed by atoms with van der Waals surface area (Å²) < 4.78 is 23.8. The van der Waals surface area contributed by atoms with E-state index in [-0.39, 0.29) is 75.4 Å². The SMILES string of the molecule is [I-].[K+].c1ccc2c(CC[NH+]3CCOCCOCC[NH+](CCc4c[nH]c5ccccc45)CCOCCOCC3)c[nH]c2c1. The van der Waals surface area contributed by atoms with E-state index in [1.807, 2.05) is 0 Å². The molecule has 224 valence electrons. The van der Waals surface area contributed by atoms with Crippen molar-refractivity contribution in [2.24, 2.45) is 0 Å². The van der Waals surface area contributed by atoms with Gasteiger partial charge in [0.2, 0.25) is 0 Å². The molecular weight excluding hydrogens is 670 g/mol. The van der Waals surface area contributed by atoms with E-state index in [0.29, 0.717) is 26.4 Å². The van der Waals surface area contributed by atoms with E-state index in [4.69, 9.17) is 18.9 Å². The van der Waals surface area contributed by atoms with Gasteiger partial charge in [-0.15, -0.1) is 0 Å². The molecule has 1 fully saturated rings. The molecule has 10 heteroatoms. The zero-order valence-corrected chi connectivity index (χ0v) is 30.4. The first-order chi connectivity index (χ1) is 19.9. The molecule has 5 rings (SSSR count). The summed E-state index contributed by atoms with van der Waals surface area (Å²) in [6, 6.07) is 17.1. The molecule has 0 amide bonds. The van der Waals surface area contributed by atoms with Crippen molar-refractivity contribution in [2.75, 3.05) is 92.1 Å². The molecule has 0 aliphatic carbocycles. The Bertz CT molecular complexity index is 1170. The normalized spacial score (nSPS) is 20.3. The topological polar surface area (TPSA) is 77.4 Å². The van der Waals surface area contributed by atoms with Crippen LogP contribution in [0.4, 0.5) is 0 Å². The molecule has 4 aromatic rings. The Morgan fingerprint density at radius 3 is 1.26 bits per heavy atom. The number of aromatic nitrogens is 2. The summed E-state index contributed by atoms with van der Waals surface area (Å²) in [7, 11) is 0. The van der Waals surface area contributed by atoms with Crippen LogP contribution in [-0.2, 0) is 31.8 Å². The van der Waals surface area contributed by atoms with Crippen molar-refractivity contribution in [3.63, 3.8) is 0 Å². The Morgan fingerprint density at radius 2 is 0.881 bits per heavy atom. The van der Waals surface area contributed by atoms with Gasteiger partial charge in [-0.25, -0.2) is 0 Å². The van der Waals surface area contributed by atoms with Crippen LogP contribution < -0.4 is 85.2 Å². The van der Waals surface area contributed by atoms with Crippen molar-refractivity contribution in [1.82, 2.24) is 9.97 Å². The van der Waals surface area contributed by atoms with Gasteiger partial charge in [0.05, 0.1) is 65.9 Å². The number of benzene rings is 2. The molecule has 1 aliphatic heterocycles. The average Bonchev–Trinajstić information content (AvgIpc) is 3.60. The fourth-order valence-corrected chi connectivity index (χ4v) is 5.56. The Morgan fingerprint density at radius 1 is 0.524 bits per heavy atom. The van der Waals surface area contributed by atoms with Gasteiger partial charge in [-0.1, -0.05) is 36.4 Å². The molecule has 1 aliphatic rings. The van der Waals surface area contributed by atoms with Crippen molar-refractivity contribution >= 4 is 21.8 Å². The number of rotatable bonds is 6. The number of para-hydroxylation sites is 2. The van der Waals surface area contributed by atoms with Gasteiger partial charge in [0.25, 0.3) is 0 Å². The van der Waals surface area contributed by atoms with E-state index in [9.17, 15) is 0 Å². The molecule has 0 bridgehead atoms. The van der Waals surface area contributed by atoms with Gasteiger partial charge in [-0.3, -0.25) is 0 Å². The number of nitrogens with one attached hydrogen (secondary N) is 4. The van der Waals surface area contributed by atoms with Crippen LogP contribution in [0.3, 0.4) is 0 Å². The molecule has 0 saturated carbocycles. The number of hydrogen-bond acceptors (Lipinski definition) is 4. The zero-order valence-electron chi connectivity index (χ0n) is 25.1. The number of halogens is 1. The van der Waals surface area contributed by atoms with Crippen molar-refractivity contribution in [3.8, 4) is 0 Å². The molecule has 1 saturated heterocycles. The summed E-state index contributed by atoms with van der Waals surface area (Å²) in [5, 5.41) is 2.65. The molecule has 2 aromatic heterocycles. The average molecular weight is 717 g/mol. The van der Waals surface area contributed by atoms with Crippen LogP contribution in [0, 0.1) is 0 Å². The third-order valence-corrected chi connectivity index (χ3v) is 7.99. The van der Waals surface area contributed by atoms with E-state index in [2.05, 4.69) is 70.9 Å². The van der Waals surface area contributed by atoms with Gasteiger partial charge in [-0.05, 0) is 23.3 Å². The minimum atomic E-state index is 0. The van der Waals surface area contributed by atoms with E-state index in [1.54, 1.807) is 0 Å². The van der Waals surface area contributed by atoms with Crippen LogP contribution in [0.1, 0.15) is 11.1 Å². The number of aromatic amines is 2. The standard InChI is InChI=1S/C32H44N4O4.HI.K/c1-3-7-31-29(5-1)27(25-33-31)9-11-35-13-17-37-21-23-39-19-15-36(16-20-40-24-22-38-18-14-35)12-10-28-26-34-32-8-4-2-6-30(28)32;;/h1-8,25-26,33-34H,9-24H2;1H;/q;;+1/p+1. The second kappa shape index (κ2) is 20.6. The summed E-state index contributed by atoms with van der Waals surface area (Å²) in [4.78, 5) is 9.80. The first-order valence-corrected chi connectivity index (χ1v) is 14.9. The summed E-state index contributed by atoms with van der Waals surface area (Å²) >= 11 is 0. The molecule has 0 atom stereocenters. The van der Waals surface area contributed by atoms with E-state index in [0.717, 1.165) is 78.5 Å². The number of hydrogen-bond donors (Lipinski definition) is 4. The van der Waals surface area contributed by atoms with E-state index >= 15 is 0 Å². The van der Waals surface area contributed by atoms with Crippen LogP contribution >= 0.6 is 0 Å². The van der Waals surface area contributed by atoms with Gasteiger partial charge in [0.15, 0.2) is 0 Å². The second-order valence-electron chi connectivity index (χ2n) is 10.7. The van der Waals surface area contributed by atoms with E-state index < -0.39 is 0 Å². The number of quaternary nitrogens is 2. The van der Waals surface area contributed by atoms with Crippen molar-refractivity contribution in [2.45, 2.75) is 12.8 Å².